The van der Waals surface area contributed by atoms with Crippen LogP contribution in [-0.2, 0) is 0 Å². The van der Waals surface area contributed by atoms with Gasteiger partial charge in [-0.2, -0.15) is 0 Å². The molecule has 0 rings (SSSR count). The summed E-state index contributed by atoms with van der Waals surface area (Å²) < 4.78 is 0. The van der Waals surface area contributed by atoms with Crippen LogP contribution in [0.5, 0.6) is 0 Å². The molecule has 14 heavy (non-hydrogen) atoms. The number of rotatable bonds is 6. The fraction of sp³-hybridized carbons (Fsp3) is 1.00. The van der Waals surface area contributed by atoms with Crippen LogP contribution in [-0.4, -0.2) is 35.9 Å². The van der Waals surface area contributed by atoms with Gasteiger partial charge in [-0.15, -0.1) is 0 Å². The van der Waals surface area contributed by atoms with Crippen molar-refractivity contribution in [3.8, 4) is 0 Å². The minimum atomic E-state index is -1.21. The predicted octanol–water partition coefficient (Wildman–Crippen LogP) is 3.83. The van der Waals surface area contributed by atoms with Crippen LogP contribution in [0.15, 0.2) is 0 Å². The van der Waals surface area contributed by atoms with Crippen LogP contribution in [0.3, 0.4) is 0 Å². The van der Waals surface area contributed by atoms with E-state index >= 15 is 0 Å². The number of hydrogen-bond acceptors (Lipinski definition) is 3. The average molecular weight is 254 g/mol. The zero-order chi connectivity index (χ0) is 11.4. The van der Waals surface area contributed by atoms with Gasteiger partial charge in [0.2, 0.25) is 0 Å². The topological polar surface area (TPSA) is 3.24 Å². The Morgan fingerprint density at radius 3 is 1.79 bits per heavy atom. The van der Waals surface area contributed by atoms with Crippen molar-refractivity contribution < 1.29 is 0 Å². The Hall–Kier alpha value is 1.09. The summed E-state index contributed by atoms with van der Waals surface area (Å²) in [7, 11) is 0. The van der Waals surface area contributed by atoms with E-state index in [4.69, 9.17) is 0 Å². The first-order valence-electron chi connectivity index (χ1n) is 5.38. The second-order valence-electron chi connectivity index (χ2n) is 4.34. The lowest BCUT2D eigenvalue weighted by Crippen LogP contribution is -2.38. The standard InChI is InChI=1S/C10H25NPS2/c1-6-12(13,14)8-7-11(9(2)3)10(4)5/h9-10,13-14H,6-8H2,1-5H3/q+1. The summed E-state index contributed by atoms with van der Waals surface area (Å²) in [6.45, 7) is 12.3. The van der Waals surface area contributed by atoms with Crippen molar-refractivity contribution in [3.63, 3.8) is 0 Å². The highest BCUT2D eigenvalue weighted by Gasteiger charge is 2.28. The van der Waals surface area contributed by atoms with Gasteiger partial charge in [-0.1, -0.05) is 0 Å². The maximum atomic E-state index is 4.65. The van der Waals surface area contributed by atoms with E-state index in [1.54, 1.807) is 0 Å². The fourth-order valence-corrected chi connectivity index (χ4v) is 2.95. The van der Waals surface area contributed by atoms with Crippen molar-refractivity contribution >= 4 is 30.2 Å². The van der Waals surface area contributed by atoms with E-state index < -0.39 is 5.67 Å². The predicted molar refractivity (Wildman–Crippen MR) is 77.3 cm³/mol. The summed E-state index contributed by atoms with van der Waals surface area (Å²) >= 11 is 9.29. The van der Waals surface area contributed by atoms with Crippen molar-refractivity contribution in [2.24, 2.45) is 0 Å². The SMILES string of the molecule is CC[P+](S)(S)CCN(C(C)C)C(C)C. The normalized spacial score (nSPS) is 13.3. The van der Waals surface area contributed by atoms with E-state index in [2.05, 4.69) is 64.0 Å². The van der Waals surface area contributed by atoms with Crippen molar-refractivity contribution in [1.29, 1.82) is 0 Å². The molecule has 0 unspecified atom stereocenters. The maximum absolute atomic E-state index is 4.65. The Bertz CT molecular complexity index is 152. The molecule has 0 aliphatic carbocycles. The van der Waals surface area contributed by atoms with E-state index in [1.807, 2.05) is 0 Å². The van der Waals surface area contributed by atoms with Gasteiger partial charge in [-0.3, -0.25) is 4.90 Å². The van der Waals surface area contributed by atoms with Gasteiger partial charge in [0.15, 0.2) is 0 Å². The molecule has 1 nitrogen and oxygen atoms in total. The van der Waals surface area contributed by atoms with Crippen LogP contribution in [0.2, 0.25) is 0 Å². The Balaban J connectivity index is 4.07. The Morgan fingerprint density at radius 1 is 1.07 bits per heavy atom. The van der Waals surface area contributed by atoms with Crippen LogP contribution in [0, 0.1) is 0 Å². The van der Waals surface area contributed by atoms with Crippen LogP contribution in [0.1, 0.15) is 34.6 Å². The molecular formula is C10H25NPS2+. The van der Waals surface area contributed by atoms with Gasteiger partial charge in [0, 0.05) is 43.1 Å². The van der Waals surface area contributed by atoms with Gasteiger partial charge in [0.05, 0.1) is 12.3 Å². The molecule has 0 saturated heterocycles. The zero-order valence-electron chi connectivity index (χ0n) is 10.1. The van der Waals surface area contributed by atoms with Crippen molar-refractivity contribution in [1.82, 2.24) is 4.90 Å². The summed E-state index contributed by atoms with van der Waals surface area (Å²) in [5.41, 5.74) is -1.21. The van der Waals surface area contributed by atoms with E-state index in [-0.39, 0.29) is 0 Å². The Labute approximate surface area is 101 Å². The summed E-state index contributed by atoms with van der Waals surface area (Å²) in [5.74, 6) is 0. The largest absolute Gasteiger partial charge is 0.295 e. The zero-order valence-corrected chi connectivity index (χ0v) is 12.7. The van der Waals surface area contributed by atoms with Gasteiger partial charge in [0.25, 0.3) is 0 Å². The van der Waals surface area contributed by atoms with Gasteiger partial charge in [0.1, 0.15) is 5.67 Å². The molecule has 0 bridgehead atoms. The number of thiol groups is 2. The summed E-state index contributed by atoms with van der Waals surface area (Å²) in [6.07, 6.45) is 2.26. The highest BCUT2D eigenvalue weighted by molar-refractivity contribution is 8.85. The van der Waals surface area contributed by atoms with Crippen LogP contribution < -0.4 is 0 Å². The van der Waals surface area contributed by atoms with Gasteiger partial charge >= 0.3 is 0 Å². The second kappa shape index (κ2) is 6.62. The smallest absolute Gasteiger partial charge is 0.127 e. The molecule has 0 fully saturated rings. The van der Waals surface area contributed by atoms with Gasteiger partial charge in [-0.25, -0.2) is 0 Å². The fourth-order valence-electron chi connectivity index (χ4n) is 1.55. The van der Waals surface area contributed by atoms with Crippen molar-refractivity contribution in [3.05, 3.63) is 0 Å². The molecule has 0 aliphatic heterocycles. The molecule has 0 aromatic heterocycles. The summed E-state index contributed by atoms with van der Waals surface area (Å²) in [5, 5.41) is 0. The molecule has 0 radical (unpaired) electrons. The lowest BCUT2D eigenvalue weighted by atomic mass is 10.2. The summed E-state index contributed by atoms with van der Waals surface area (Å²) in [6, 6.07) is 1.24. The molecule has 0 N–H and O–H groups in total. The second-order valence-corrected chi connectivity index (χ2v) is 12.7. The van der Waals surface area contributed by atoms with Crippen LogP contribution >= 0.6 is 30.2 Å². The highest BCUT2D eigenvalue weighted by atomic mass is 33.1. The first kappa shape index (κ1) is 15.1. The van der Waals surface area contributed by atoms with Gasteiger partial charge in [-0.05, 0) is 34.6 Å². The van der Waals surface area contributed by atoms with Crippen molar-refractivity contribution in [2.75, 3.05) is 18.9 Å². The van der Waals surface area contributed by atoms with Crippen molar-refractivity contribution in [2.45, 2.75) is 46.7 Å². The molecule has 0 aliphatic rings. The third-order valence-corrected chi connectivity index (χ3v) is 7.38. The molecule has 0 saturated carbocycles. The lowest BCUT2D eigenvalue weighted by molar-refractivity contribution is 0.187. The molecule has 0 amide bonds. The third kappa shape index (κ3) is 5.85. The molecule has 0 spiro atoms. The van der Waals surface area contributed by atoms with Crippen LogP contribution in [0.25, 0.3) is 0 Å². The lowest BCUT2D eigenvalue weighted by Gasteiger charge is -2.30. The molecule has 4 heteroatoms. The quantitative estimate of drug-likeness (QED) is 0.538. The first-order valence-corrected chi connectivity index (χ1v) is 9.85. The first-order chi connectivity index (χ1) is 6.30. The molecule has 0 heterocycles. The Morgan fingerprint density at radius 2 is 1.50 bits per heavy atom. The third-order valence-electron chi connectivity index (χ3n) is 2.55. The molecular weight excluding hydrogens is 229 g/mol. The molecule has 0 aromatic rings. The maximum Gasteiger partial charge on any atom is 0.127 e. The monoisotopic (exact) mass is 254 g/mol. The summed E-state index contributed by atoms with van der Waals surface area (Å²) in [4.78, 5) is 2.51. The van der Waals surface area contributed by atoms with E-state index in [1.165, 1.54) is 0 Å². The van der Waals surface area contributed by atoms with E-state index in [0.717, 1.165) is 18.9 Å². The van der Waals surface area contributed by atoms with E-state index in [0.29, 0.717) is 12.1 Å². The molecule has 86 valence electrons. The average Bonchev–Trinajstić information content (AvgIpc) is 2.03. The number of hydrogen-bond donors (Lipinski definition) is 2. The van der Waals surface area contributed by atoms with Gasteiger partial charge < -0.3 is 0 Å². The Kier molecular flexibility index (Phi) is 7.14. The highest BCUT2D eigenvalue weighted by Crippen LogP contribution is 2.67. The minimum absolute atomic E-state index is 0.619. The van der Waals surface area contributed by atoms with Crippen LogP contribution in [0.4, 0.5) is 0 Å². The van der Waals surface area contributed by atoms with E-state index in [9.17, 15) is 0 Å². The molecule has 0 aromatic carbocycles. The molecule has 0 atom stereocenters. The minimum Gasteiger partial charge on any atom is -0.295 e. The number of nitrogens with zero attached hydrogens (tertiary/aromatic N) is 1.